The van der Waals surface area contributed by atoms with Crippen LogP contribution in [0, 0.1) is 0 Å². The summed E-state index contributed by atoms with van der Waals surface area (Å²) in [6, 6.07) is 19.2. The van der Waals surface area contributed by atoms with Crippen molar-refractivity contribution in [2.24, 2.45) is 0 Å². The molecule has 0 N–H and O–H groups in total. The van der Waals surface area contributed by atoms with Gasteiger partial charge in [-0.2, -0.15) is 0 Å². The second kappa shape index (κ2) is 5.64. The molecule has 0 aliphatic heterocycles. The summed E-state index contributed by atoms with van der Waals surface area (Å²) in [5, 5.41) is 7.44. The van der Waals surface area contributed by atoms with Crippen LogP contribution in [0.1, 0.15) is 12.5 Å². The average molecular weight is 314 g/mol. The van der Waals surface area contributed by atoms with Crippen LogP contribution in [0.15, 0.2) is 66.7 Å². The van der Waals surface area contributed by atoms with Crippen molar-refractivity contribution in [2.75, 3.05) is 6.61 Å². The molecule has 0 radical (unpaired) electrons. The monoisotopic (exact) mass is 314 g/mol. The number of rotatable bonds is 4. The first-order valence-electron chi connectivity index (χ1n) is 8.19. The first kappa shape index (κ1) is 14.7. The van der Waals surface area contributed by atoms with Gasteiger partial charge in [-0.15, -0.1) is 0 Å². The Hall–Kier alpha value is -2.87. The molecule has 24 heavy (non-hydrogen) atoms. The molecule has 0 saturated carbocycles. The lowest BCUT2D eigenvalue weighted by molar-refractivity contribution is -0.138. The lowest BCUT2D eigenvalue weighted by Crippen LogP contribution is -2.09. The average Bonchev–Trinajstić information content (AvgIpc) is 2.61. The van der Waals surface area contributed by atoms with E-state index >= 15 is 0 Å². The van der Waals surface area contributed by atoms with Crippen LogP contribution in [0.2, 0.25) is 0 Å². The van der Waals surface area contributed by atoms with Crippen molar-refractivity contribution in [2.45, 2.75) is 13.3 Å². The molecule has 118 valence electrons. The third kappa shape index (κ3) is 2.23. The van der Waals surface area contributed by atoms with Gasteiger partial charge in [-0.25, -0.2) is 4.79 Å². The van der Waals surface area contributed by atoms with Crippen LogP contribution in [0.5, 0.6) is 0 Å². The first-order chi connectivity index (χ1) is 11.7. The molecule has 2 nitrogen and oxygen atoms in total. The van der Waals surface area contributed by atoms with E-state index in [1.165, 1.54) is 32.3 Å². The maximum absolute atomic E-state index is 11.9. The van der Waals surface area contributed by atoms with E-state index in [-0.39, 0.29) is 5.97 Å². The van der Waals surface area contributed by atoms with Gasteiger partial charge < -0.3 is 4.74 Å². The van der Waals surface area contributed by atoms with Crippen molar-refractivity contribution in [3.8, 4) is 0 Å². The van der Waals surface area contributed by atoms with E-state index in [1.54, 1.807) is 6.92 Å². The quantitative estimate of drug-likeness (QED) is 0.292. The summed E-state index contributed by atoms with van der Waals surface area (Å²) in [4.78, 5) is 11.9. The van der Waals surface area contributed by atoms with Crippen molar-refractivity contribution < 1.29 is 9.53 Å². The van der Waals surface area contributed by atoms with Crippen molar-refractivity contribution in [1.82, 2.24) is 0 Å². The molecule has 4 rings (SSSR count). The molecule has 0 saturated heterocycles. The highest BCUT2D eigenvalue weighted by atomic mass is 16.5. The normalized spacial score (nSPS) is 11.4. The molecule has 0 fully saturated rings. The van der Waals surface area contributed by atoms with Crippen LogP contribution < -0.4 is 0 Å². The van der Waals surface area contributed by atoms with Gasteiger partial charge >= 0.3 is 5.97 Å². The minimum Gasteiger partial charge on any atom is -0.463 e. The summed E-state index contributed by atoms with van der Waals surface area (Å²) < 4.78 is 5.06. The van der Waals surface area contributed by atoms with Gasteiger partial charge in [-0.3, -0.25) is 0 Å². The topological polar surface area (TPSA) is 26.3 Å². The fourth-order valence-electron chi connectivity index (χ4n) is 3.49. The van der Waals surface area contributed by atoms with Gasteiger partial charge in [-0.05, 0) is 44.8 Å². The van der Waals surface area contributed by atoms with Gasteiger partial charge in [0.1, 0.15) is 0 Å². The molecule has 2 heteroatoms. The molecule has 0 aromatic heterocycles. The summed E-state index contributed by atoms with van der Waals surface area (Å²) in [6.45, 7) is 6.08. The second-order valence-corrected chi connectivity index (χ2v) is 6.08. The van der Waals surface area contributed by atoms with Gasteiger partial charge in [0.25, 0.3) is 0 Å². The molecule has 0 spiro atoms. The maximum Gasteiger partial charge on any atom is 0.333 e. The highest BCUT2D eigenvalue weighted by Crippen LogP contribution is 2.36. The number of hydrogen-bond donors (Lipinski definition) is 0. The number of carbonyl (C=O) groups excluding carboxylic acids is 1. The minimum atomic E-state index is -0.316. The molecule has 0 atom stereocenters. The summed E-state index contributed by atoms with van der Waals surface area (Å²) in [6.07, 6.45) is 0.507. The SMILES string of the molecule is C=C(Cc1ccc2ccc3cccc4ccc1c2c34)C(=O)OCC. The van der Waals surface area contributed by atoms with Crippen LogP contribution in [0.25, 0.3) is 32.3 Å². The molecular weight excluding hydrogens is 296 g/mol. The molecule has 0 unspecified atom stereocenters. The predicted octanol–water partition coefficient (Wildman–Crippen LogP) is 5.25. The highest BCUT2D eigenvalue weighted by molar-refractivity contribution is 6.23. The zero-order chi connectivity index (χ0) is 16.7. The van der Waals surface area contributed by atoms with Gasteiger partial charge in [0.2, 0.25) is 0 Å². The van der Waals surface area contributed by atoms with Gasteiger partial charge in [0.15, 0.2) is 0 Å². The molecular formula is C22H18O2. The van der Waals surface area contributed by atoms with Crippen molar-refractivity contribution in [3.63, 3.8) is 0 Å². The van der Waals surface area contributed by atoms with E-state index in [0.717, 1.165) is 5.56 Å². The second-order valence-electron chi connectivity index (χ2n) is 6.08. The lowest BCUT2D eigenvalue weighted by Gasteiger charge is -2.14. The van der Waals surface area contributed by atoms with Crippen molar-refractivity contribution in [3.05, 3.63) is 72.3 Å². The Balaban J connectivity index is 1.91. The Bertz CT molecular complexity index is 1060. The molecule has 0 amide bonds. The molecule has 0 aliphatic rings. The molecule has 0 bridgehead atoms. The summed E-state index contributed by atoms with van der Waals surface area (Å²) in [7, 11) is 0. The largest absolute Gasteiger partial charge is 0.463 e. The van der Waals surface area contributed by atoms with Crippen LogP contribution in [0.3, 0.4) is 0 Å². The fourth-order valence-corrected chi connectivity index (χ4v) is 3.49. The molecule has 0 aliphatic carbocycles. The molecule has 0 heterocycles. The van der Waals surface area contributed by atoms with E-state index in [0.29, 0.717) is 18.6 Å². The van der Waals surface area contributed by atoms with E-state index < -0.39 is 0 Å². The standard InChI is InChI=1S/C22H18O2/c1-3-24-22(23)14(2)13-18-10-9-17-8-7-15-5-4-6-16-11-12-19(18)21(17)20(15)16/h4-12H,2-3,13H2,1H3. The zero-order valence-corrected chi connectivity index (χ0v) is 13.6. The summed E-state index contributed by atoms with van der Waals surface area (Å²) >= 11 is 0. The first-order valence-corrected chi connectivity index (χ1v) is 8.19. The van der Waals surface area contributed by atoms with Gasteiger partial charge in [0, 0.05) is 12.0 Å². The Morgan fingerprint density at radius 2 is 1.54 bits per heavy atom. The number of ether oxygens (including phenoxy) is 1. The van der Waals surface area contributed by atoms with Crippen molar-refractivity contribution >= 4 is 38.3 Å². The number of benzene rings is 4. The number of carbonyl (C=O) groups is 1. The minimum absolute atomic E-state index is 0.316. The van der Waals surface area contributed by atoms with E-state index in [4.69, 9.17) is 4.74 Å². The molecule has 4 aromatic carbocycles. The number of esters is 1. The Morgan fingerprint density at radius 3 is 2.25 bits per heavy atom. The van der Waals surface area contributed by atoms with Crippen molar-refractivity contribution in [1.29, 1.82) is 0 Å². The van der Waals surface area contributed by atoms with Crippen LogP contribution in [-0.2, 0) is 16.0 Å². The Morgan fingerprint density at radius 1 is 0.917 bits per heavy atom. The van der Waals surface area contributed by atoms with E-state index in [9.17, 15) is 4.79 Å². The van der Waals surface area contributed by atoms with E-state index in [1.807, 2.05) is 0 Å². The summed E-state index contributed by atoms with van der Waals surface area (Å²) in [5.74, 6) is -0.316. The number of hydrogen-bond acceptors (Lipinski definition) is 2. The smallest absolute Gasteiger partial charge is 0.333 e. The lowest BCUT2D eigenvalue weighted by atomic mass is 9.90. The van der Waals surface area contributed by atoms with E-state index in [2.05, 4.69) is 61.2 Å². The Labute approximate surface area is 140 Å². The van der Waals surface area contributed by atoms with Gasteiger partial charge in [-0.1, -0.05) is 61.2 Å². The third-order valence-corrected chi connectivity index (χ3v) is 4.59. The highest BCUT2D eigenvalue weighted by Gasteiger charge is 2.14. The molecule has 4 aromatic rings. The van der Waals surface area contributed by atoms with Crippen LogP contribution in [0.4, 0.5) is 0 Å². The fraction of sp³-hybridized carbons (Fsp3) is 0.136. The van der Waals surface area contributed by atoms with Crippen LogP contribution >= 0.6 is 0 Å². The summed E-state index contributed by atoms with van der Waals surface area (Å²) in [5.41, 5.74) is 1.60. The maximum atomic E-state index is 11.9. The van der Waals surface area contributed by atoms with Crippen LogP contribution in [-0.4, -0.2) is 12.6 Å². The zero-order valence-electron chi connectivity index (χ0n) is 13.6. The third-order valence-electron chi connectivity index (χ3n) is 4.59. The Kier molecular flexibility index (Phi) is 3.46. The van der Waals surface area contributed by atoms with Gasteiger partial charge in [0.05, 0.1) is 6.61 Å². The predicted molar refractivity (Wildman–Crippen MR) is 99.6 cm³/mol.